The van der Waals surface area contributed by atoms with Crippen LogP contribution in [0.3, 0.4) is 0 Å². The van der Waals surface area contributed by atoms with Crippen LogP contribution >= 0.6 is 34.2 Å². The fourth-order valence-electron chi connectivity index (χ4n) is 1.70. The monoisotopic (exact) mass is 404 g/mol. The van der Waals surface area contributed by atoms with Crippen molar-refractivity contribution < 1.29 is 18.3 Å². The third kappa shape index (κ3) is 2.82. The van der Waals surface area contributed by atoms with Crippen LogP contribution in [0, 0.1) is 9.49 Å². The maximum Gasteiger partial charge on any atom is 0.417 e. The van der Waals surface area contributed by atoms with E-state index in [0.29, 0.717) is 5.03 Å². The fourth-order valence-corrected chi connectivity index (χ4v) is 2.52. The summed E-state index contributed by atoms with van der Waals surface area (Å²) in [6, 6.07) is 0.906. The summed E-state index contributed by atoms with van der Waals surface area (Å²) in [4.78, 5) is 5.14. The minimum Gasteiger partial charge on any atom is -0.373 e. The summed E-state index contributed by atoms with van der Waals surface area (Å²) in [7, 11) is 0. The maximum atomic E-state index is 12.8. The molecule has 0 bridgehead atoms. The van der Waals surface area contributed by atoms with Gasteiger partial charge < -0.3 is 10.0 Å². The van der Waals surface area contributed by atoms with Gasteiger partial charge in [0.15, 0.2) is 0 Å². The van der Waals surface area contributed by atoms with Crippen LogP contribution in [0.1, 0.15) is 12.5 Å². The molecule has 0 amide bonds. The smallest absolute Gasteiger partial charge is 0.373 e. The minimum atomic E-state index is -4.46. The Hall–Kier alpha value is -0.540. The average Bonchev–Trinajstić information content (AvgIpc) is 2.56. The number of halogens is 5. The lowest BCUT2D eigenvalue weighted by Gasteiger charge is -2.23. The highest BCUT2D eigenvalue weighted by Crippen LogP contribution is 2.37. The number of anilines is 1. The summed E-state index contributed by atoms with van der Waals surface area (Å²) in [6.07, 6.45) is -2.96. The van der Waals surface area contributed by atoms with Crippen LogP contribution in [0.15, 0.2) is 23.5 Å². The Balaban J connectivity index is 2.43. The van der Waals surface area contributed by atoms with Gasteiger partial charge in [-0.05, 0) is 28.7 Å². The van der Waals surface area contributed by atoms with Crippen molar-refractivity contribution >= 4 is 40.0 Å². The summed E-state index contributed by atoms with van der Waals surface area (Å²) < 4.78 is 38.4. The Morgan fingerprint density at radius 3 is 2.58 bits per heavy atom. The van der Waals surface area contributed by atoms with Gasteiger partial charge in [-0.2, -0.15) is 13.2 Å². The SMILES string of the molecule is CC1C(Cl)=CN(c2cc(C(F)(F)F)c(I)cn2)C1O. The lowest BCUT2D eigenvalue weighted by molar-refractivity contribution is -0.138. The van der Waals surface area contributed by atoms with Crippen LogP contribution in [0.4, 0.5) is 19.0 Å². The molecule has 1 aliphatic heterocycles. The standard InChI is InChI=1S/C11H9ClF3IN2O/c1-5-7(12)4-18(10(5)19)9-2-6(11(13,14)15)8(16)3-17-9/h2-5,10,19H,1H3. The molecule has 2 heterocycles. The van der Waals surface area contributed by atoms with Crippen LogP contribution in [-0.2, 0) is 6.18 Å². The molecule has 2 rings (SSSR count). The molecule has 3 nitrogen and oxygen atoms in total. The summed E-state index contributed by atoms with van der Waals surface area (Å²) in [5, 5.41) is 10.3. The second-order valence-electron chi connectivity index (χ2n) is 4.14. The van der Waals surface area contributed by atoms with E-state index in [2.05, 4.69) is 4.98 Å². The lowest BCUT2D eigenvalue weighted by Crippen LogP contribution is -2.31. The van der Waals surface area contributed by atoms with Gasteiger partial charge in [0, 0.05) is 26.9 Å². The first-order chi connectivity index (χ1) is 8.71. The molecule has 0 aromatic carbocycles. The number of aliphatic hydroxyl groups excluding tert-OH is 1. The number of pyridine rings is 1. The zero-order valence-electron chi connectivity index (χ0n) is 9.62. The van der Waals surface area contributed by atoms with Crippen molar-refractivity contribution in [1.82, 2.24) is 4.98 Å². The van der Waals surface area contributed by atoms with E-state index >= 15 is 0 Å². The Morgan fingerprint density at radius 1 is 1.47 bits per heavy atom. The summed E-state index contributed by atoms with van der Waals surface area (Å²) in [6.45, 7) is 1.68. The third-order valence-electron chi connectivity index (χ3n) is 2.84. The van der Waals surface area contributed by atoms with Crippen molar-refractivity contribution in [2.45, 2.75) is 19.3 Å². The van der Waals surface area contributed by atoms with E-state index in [9.17, 15) is 18.3 Å². The van der Waals surface area contributed by atoms with Crippen LogP contribution < -0.4 is 4.90 Å². The van der Waals surface area contributed by atoms with Gasteiger partial charge in [-0.3, -0.25) is 0 Å². The van der Waals surface area contributed by atoms with Crippen molar-refractivity contribution in [2.24, 2.45) is 5.92 Å². The Morgan fingerprint density at radius 2 is 2.11 bits per heavy atom. The Labute approximate surface area is 126 Å². The molecule has 0 aliphatic carbocycles. The molecular weight excluding hydrogens is 395 g/mol. The van der Waals surface area contributed by atoms with Gasteiger partial charge in [0.1, 0.15) is 12.0 Å². The number of nitrogens with zero attached hydrogens (tertiary/aromatic N) is 2. The lowest BCUT2D eigenvalue weighted by atomic mass is 10.2. The van der Waals surface area contributed by atoms with Crippen LogP contribution in [0.25, 0.3) is 0 Å². The predicted molar refractivity (Wildman–Crippen MR) is 73.5 cm³/mol. The molecule has 2 atom stereocenters. The number of aliphatic hydroxyl groups is 1. The number of aromatic nitrogens is 1. The summed E-state index contributed by atoms with van der Waals surface area (Å²) in [5.41, 5.74) is -0.783. The van der Waals surface area contributed by atoms with Crippen LogP contribution in [0.5, 0.6) is 0 Å². The Kier molecular flexibility index (Phi) is 3.99. The van der Waals surface area contributed by atoms with Crippen molar-refractivity contribution in [3.05, 3.63) is 32.6 Å². The summed E-state index contributed by atoms with van der Waals surface area (Å²) in [5.74, 6) is -0.347. The molecule has 8 heteroatoms. The van der Waals surface area contributed by atoms with E-state index in [1.165, 1.54) is 11.1 Å². The topological polar surface area (TPSA) is 36.4 Å². The van der Waals surface area contributed by atoms with Crippen molar-refractivity contribution in [2.75, 3.05) is 4.90 Å². The molecule has 0 spiro atoms. The molecule has 0 saturated carbocycles. The highest BCUT2D eigenvalue weighted by Gasteiger charge is 2.36. The first kappa shape index (κ1) is 14.9. The second kappa shape index (κ2) is 5.10. The van der Waals surface area contributed by atoms with Gasteiger partial charge in [-0.1, -0.05) is 18.5 Å². The molecule has 0 radical (unpaired) electrons. The highest BCUT2D eigenvalue weighted by molar-refractivity contribution is 14.1. The van der Waals surface area contributed by atoms with Crippen LogP contribution in [0.2, 0.25) is 0 Å². The summed E-state index contributed by atoms with van der Waals surface area (Å²) >= 11 is 7.45. The molecule has 2 unspecified atom stereocenters. The van der Waals surface area contributed by atoms with Gasteiger partial charge in [0.25, 0.3) is 0 Å². The first-order valence-electron chi connectivity index (χ1n) is 5.28. The maximum absolute atomic E-state index is 12.8. The Bertz CT molecular complexity index is 535. The second-order valence-corrected chi connectivity index (χ2v) is 5.74. The van der Waals surface area contributed by atoms with E-state index in [0.717, 1.165) is 12.3 Å². The molecule has 1 N–H and O–H groups in total. The highest BCUT2D eigenvalue weighted by atomic mass is 127. The molecule has 19 heavy (non-hydrogen) atoms. The van der Waals surface area contributed by atoms with E-state index in [4.69, 9.17) is 11.6 Å². The first-order valence-corrected chi connectivity index (χ1v) is 6.74. The molecule has 0 fully saturated rings. The van der Waals surface area contributed by atoms with Gasteiger partial charge in [0.2, 0.25) is 0 Å². The van der Waals surface area contributed by atoms with Crippen molar-refractivity contribution in [3.8, 4) is 0 Å². The van der Waals surface area contributed by atoms with Gasteiger partial charge in [0.05, 0.1) is 5.56 Å². The van der Waals surface area contributed by atoms with Gasteiger partial charge >= 0.3 is 6.18 Å². The van der Waals surface area contributed by atoms with Gasteiger partial charge in [-0.25, -0.2) is 4.98 Å². The minimum absolute atomic E-state index is 0.00524. The quantitative estimate of drug-likeness (QED) is 0.727. The number of alkyl halides is 3. The van der Waals surface area contributed by atoms with E-state index in [1.54, 1.807) is 29.5 Å². The average molecular weight is 405 g/mol. The molecule has 1 aromatic heterocycles. The van der Waals surface area contributed by atoms with Gasteiger partial charge in [-0.15, -0.1) is 0 Å². The van der Waals surface area contributed by atoms with E-state index in [-0.39, 0.29) is 15.3 Å². The molecule has 1 aliphatic rings. The van der Waals surface area contributed by atoms with Crippen molar-refractivity contribution in [3.63, 3.8) is 0 Å². The number of hydrogen-bond donors (Lipinski definition) is 1. The van der Waals surface area contributed by atoms with E-state index in [1.807, 2.05) is 0 Å². The third-order valence-corrected chi connectivity index (χ3v) is 4.14. The zero-order valence-corrected chi connectivity index (χ0v) is 12.5. The number of hydrogen-bond acceptors (Lipinski definition) is 3. The van der Waals surface area contributed by atoms with Crippen LogP contribution in [-0.4, -0.2) is 16.3 Å². The molecule has 1 aromatic rings. The molecule has 104 valence electrons. The van der Waals surface area contributed by atoms with Crippen molar-refractivity contribution in [1.29, 1.82) is 0 Å². The fraction of sp³-hybridized carbons (Fsp3) is 0.364. The normalized spacial score (nSPS) is 23.7. The largest absolute Gasteiger partial charge is 0.417 e. The molecular formula is C11H9ClF3IN2O. The predicted octanol–water partition coefficient (Wildman–Crippen LogP) is 3.56. The zero-order chi connectivity index (χ0) is 14.4. The van der Waals surface area contributed by atoms with E-state index < -0.39 is 18.0 Å². The molecule has 0 saturated heterocycles. The number of rotatable bonds is 1.